The van der Waals surface area contributed by atoms with Crippen LogP contribution in [0.25, 0.3) is 17.8 Å². The number of rotatable bonds is 4. The Morgan fingerprint density at radius 2 is 1.91 bits per heavy atom. The summed E-state index contributed by atoms with van der Waals surface area (Å²) in [6, 6.07) is 9.34. The van der Waals surface area contributed by atoms with Crippen LogP contribution in [0.1, 0.15) is 52.9 Å². The number of aromatic nitrogens is 6. The van der Waals surface area contributed by atoms with E-state index in [-0.39, 0.29) is 5.56 Å². The van der Waals surface area contributed by atoms with Gasteiger partial charge < -0.3 is 4.57 Å². The van der Waals surface area contributed by atoms with Crippen molar-refractivity contribution in [3.63, 3.8) is 0 Å². The molecule has 4 aromatic rings. The second-order valence-electron chi connectivity index (χ2n) is 8.13. The van der Waals surface area contributed by atoms with Gasteiger partial charge in [0.15, 0.2) is 11.0 Å². The van der Waals surface area contributed by atoms with E-state index in [0.717, 1.165) is 18.2 Å². The maximum absolute atomic E-state index is 13.6. The van der Waals surface area contributed by atoms with Gasteiger partial charge in [-0.25, -0.2) is 19.6 Å². The third-order valence-corrected chi connectivity index (χ3v) is 6.05. The van der Waals surface area contributed by atoms with Crippen molar-refractivity contribution in [2.75, 3.05) is 0 Å². The Labute approximate surface area is 198 Å². The molecule has 1 atom stereocenters. The molecule has 0 unspecified atom stereocenters. The van der Waals surface area contributed by atoms with Gasteiger partial charge in [0.1, 0.15) is 5.82 Å². The Hall–Kier alpha value is -3.46. The molecule has 6 nitrogen and oxygen atoms in total. The summed E-state index contributed by atoms with van der Waals surface area (Å²) >= 11 is 6.36. The minimum Gasteiger partial charge on any atom is -0.303 e. The van der Waals surface area contributed by atoms with E-state index in [2.05, 4.69) is 20.1 Å². The van der Waals surface area contributed by atoms with Crippen LogP contribution in [0, 0.1) is 6.92 Å². The molecule has 1 aliphatic heterocycles. The number of imidazole rings is 1. The molecule has 0 bridgehead atoms. The first-order valence-electron chi connectivity index (χ1n) is 10.8. The standard InChI is InChI=1S/C24H20ClF3N6/c1-15-13-33(14-29-15)20-10-8-16(30-22(20)25)9-11-21-31-23-18(6-4-12-34(23)32-21)17-5-2-3-7-19(17)24(26,27)28/h2-3,5,7-11,13-14,18H,4,6,12H2,1H3/b11-9+/t18-/m0/s1. The fourth-order valence-corrected chi connectivity index (χ4v) is 4.49. The number of aryl methyl sites for hydroxylation is 2. The van der Waals surface area contributed by atoms with Crippen LogP contribution in [-0.4, -0.2) is 29.3 Å². The number of hydrogen-bond acceptors (Lipinski definition) is 4. The van der Waals surface area contributed by atoms with Gasteiger partial charge in [0.05, 0.1) is 29.0 Å². The zero-order valence-corrected chi connectivity index (χ0v) is 18.9. The molecule has 4 heterocycles. The quantitative estimate of drug-likeness (QED) is 0.336. The minimum atomic E-state index is -4.42. The molecule has 1 aromatic carbocycles. The van der Waals surface area contributed by atoms with E-state index < -0.39 is 17.7 Å². The summed E-state index contributed by atoms with van der Waals surface area (Å²) in [7, 11) is 0. The molecule has 5 rings (SSSR count). The maximum Gasteiger partial charge on any atom is 0.416 e. The predicted molar refractivity (Wildman–Crippen MR) is 123 cm³/mol. The van der Waals surface area contributed by atoms with Crippen LogP contribution >= 0.6 is 11.6 Å². The number of nitrogens with zero attached hydrogens (tertiary/aromatic N) is 6. The van der Waals surface area contributed by atoms with Gasteiger partial charge in [0.25, 0.3) is 0 Å². The van der Waals surface area contributed by atoms with E-state index in [9.17, 15) is 13.2 Å². The van der Waals surface area contributed by atoms with E-state index in [0.29, 0.717) is 41.1 Å². The highest BCUT2D eigenvalue weighted by atomic mass is 35.5. The van der Waals surface area contributed by atoms with Crippen LogP contribution in [0.15, 0.2) is 48.9 Å². The van der Waals surface area contributed by atoms with E-state index in [1.54, 1.807) is 33.8 Å². The fraction of sp³-hybridized carbons (Fsp3) is 0.250. The molecular weight excluding hydrogens is 465 g/mol. The van der Waals surface area contributed by atoms with Crippen LogP contribution in [0.3, 0.4) is 0 Å². The summed E-state index contributed by atoms with van der Waals surface area (Å²) in [6.45, 7) is 2.50. The molecule has 34 heavy (non-hydrogen) atoms. The summed E-state index contributed by atoms with van der Waals surface area (Å²) in [6.07, 6.45) is 3.83. The maximum atomic E-state index is 13.6. The van der Waals surface area contributed by atoms with Crippen molar-refractivity contribution in [3.05, 3.63) is 88.2 Å². The zero-order chi connectivity index (χ0) is 23.9. The SMILES string of the molecule is Cc1cn(-c2ccc(/C=C/c3nc4n(n3)CCC[C@H]4c3ccccc3C(F)(F)F)nc2Cl)cn1. The average molecular weight is 485 g/mol. The lowest BCUT2D eigenvalue weighted by Gasteiger charge is -2.25. The average Bonchev–Trinajstić information content (AvgIpc) is 3.43. The van der Waals surface area contributed by atoms with Gasteiger partial charge >= 0.3 is 6.18 Å². The lowest BCUT2D eigenvalue weighted by Crippen LogP contribution is -2.21. The van der Waals surface area contributed by atoms with E-state index in [1.165, 1.54) is 12.1 Å². The normalized spacial score (nSPS) is 16.2. The van der Waals surface area contributed by atoms with Crippen molar-refractivity contribution in [2.45, 2.75) is 38.4 Å². The number of benzene rings is 1. The van der Waals surface area contributed by atoms with E-state index >= 15 is 0 Å². The van der Waals surface area contributed by atoms with Crippen LogP contribution in [0.2, 0.25) is 5.15 Å². The van der Waals surface area contributed by atoms with Crippen LogP contribution in [0.5, 0.6) is 0 Å². The Bertz CT molecular complexity index is 1370. The first kappa shape index (κ1) is 22.3. The second-order valence-corrected chi connectivity index (χ2v) is 8.49. The second kappa shape index (κ2) is 8.72. The number of fused-ring (bicyclic) bond motifs is 1. The lowest BCUT2D eigenvalue weighted by atomic mass is 9.88. The van der Waals surface area contributed by atoms with Gasteiger partial charge in [-0.05, 0) is 55.7 Å². The summed E-state index contributed by atoms with van der Waals surface area (Å²) in [5.74, 6) is 0.491. The van der Waals surface area contributed by atoms with Crippen molar-refractivity contribution in [2.24, 2.45) is 0 Å². The van der Waals surface area contributed by atoms with Gasteiger partial charge in [0, 0.05) is 18.7 Å². The largest absolute Gasteiger partial charge is 0.416 e. The first-order valence-corrected chi connectivity index (χ1v) is 11.1. The Morgan fingerprint density at radius 1 is 1.09 bits per heavy atom. The van der Waals surface area contributed by atoms with Crippen molar-refractivity contribution in [3.8, 4) is 5.69 Å². The fourth-order valence-electron chi connectivity index (χ4n) is 4.23. The predicted octanol–water partition coefficient (Wildman–Crippen LogP) is 5.94. The molecule has 174 valence electrons. The van der Waals surface area contributed by atoms with Crippen LogP contribution in [-0.2, 0) is 12.7 Å². The molecule has 1 aliphatic rings. The molecule has 0 saturated heterocycles. The van der Waals surface area contributed by atoms with Gasteiger partial charge in [-0.2, -0.15) is 18.3 Å². The molecule has 0 fully saturated rings. The van der Waals surface area contributed by atoms with Crippen LogP contribution in [0.4, 0.5) is 13.2 Å². The number of hydrogen-bond donors (Lipinski definition) is 0. The van der Waals surface area contributed by atoms with Crippen molar-refractivity contribution >= 4 is 23.8 Å². The van der Waals surface area contributed by atoms with Crippen LogP contribution < -0.4 is 0 Å². The Kier molecular flexibility index (Phi) is 5.73. The molecule has 10 heteroatoms. The number of pyridine rings is 1. The Balaban J connectivity index is 1.42. The highest BCUT2D eigenvalue weighted by Crippen LogP contribution is 2.40. The van der Waals surface area contributed by atoms with Gasteiger partial charge in [-0.15, -0.1) is 0 Å². The highest BCUT2D eigenvalue weighted by Gasteiger charge is 2.37. The molecule has 0 N–H and O–H groups in total. The zero-order valence-electron chi connectivity index (χ0n) is 18.2. The first-order chi connectivity index (χ1) is 16.3. The van der Waals surface area contributed by atoms with E-state index in [4.69, 9.17) is 11.6 Å². The molecule has 0 saturated carbocycles. The van der Waals surface area contributed by atoms with Crippen molar-refractivity contribution in [1.29, 1.82) is 0 Å². The molecular formula is C24H20ClF3N6. The molecule has 0 amide bonds. The number of halogens is 4. The van der Waals surface area contributed by atoms with Gasteiger partial charge in [0.2, 0.25) is 0 Å². The third-order valence-electron chi connectivity index (χ3n) is 5.78. The van der Waals surface area contributed by atoms with Crippen molar-refractivity contribution < 1.29 is 13.2 Å². The third kappa shape index (κ3) is 4.35. The molecule has 0 radical (unpaired) electrons. The molecule has 0 spiro atoms. The monoisotopic (exact) mass is 484 g/mol. The minimum absolute atomic E-state index is 0.234. The summed E-state index contributed by atoms with van der Waals surface area (Å²) < 4.78 is 44.3. The lowest BCUT2D eigenvalue weighted by molar-refractivity contribution is -0.138. The topological polar surface area (TPSA) is 61.4 Å². The van der Waals surface area contributed by atoms with Crippen molar-refractivity contribution in [1.82, 2.24) is 29.3 Å². The summed E-state index contributed by atoms with van der Waals surface area (Å²) in [4.78, 5) is 13.2. The smallest absolute Gasteiger partial charge is 0.303 e. The summed E-state index contributed by atoms with van der Waals surface area (Å²) in [5.41, 5.74) is 1.79. The molecule has 0 aliphatic carbocycles. The highest BCUT2D eigenvalue weighted by molar-refractivity contribution is 6.31. The van der Waals surface area contributed by atoms with Gasteiger partial charge in [-0.3, -0.25) is 0 Å². The van der Waals surface area contributed by atoms with E-state index in [1.807, 2.05) is 25.3 Å². The summed E-state index contributed by atoms with van der Waals surface area (Å²) in [5, 5.41) is 4.81. The van der Waals surface area contributed by atoms with Gasteiger partial charge in [-0.1, -0.05) is 29.8 Å². The molecule has 3 aromatic heterocycles. The number of alkyl halides is 3. The Morgan fingerprint density at radius 3 is 2.65 bits per heavy atom.